The molecule has 0 aliphatic carbocycles. The van der Waals surface area contributed by atoms with E-state index in [1.165, 1.54) is 6.92 Å². The van der Waals surface area contributed by atoms with Crippen LogP contribution in [0.3, 0.4) is 0 Å². The lowest BCUT2D eigenvalue weighted by molar-refractivity contribution is -0.133. The lowest BCUT2D eigenvalue weighted by Gasteiger charge is -2.04. The molecule has 6 heteroatoms. The zero-order valence-electron chi connectivity index (χ0n) is 6.98. The first kappa shape index (κ1) is 10.0. The Morgan fingerprint density at radius 2 is 2.15 bits per heavy atom. The van der Waals surface area contributed by atoms with Crippen LogP contribution in [0.25, 0.3) is 0 Å². The summed E-state index contributed by atoms with van der Waals surface area (Å²) in [5.74, 6) is -0.202. The van der Waals surface area contributed by atoms with E-state index in [-0.39, 0.29) is 18.2 Å². The molecule has 0 aromatic rings. The highest BCUT2D eigenvalue weighted by atomic mass is 19.4. The molecule has 0 saturated carbocycles. The molecule has 74 valence electrons. The van der Waals surface area contributed by atoms with E-state index < -0.39 is 18.6 Å². The highest BCUT2D eigenvalue weighted by Gasteiger charge is 2.29. The summed E-state index contributed by atoms with van der Waals surface area (Å²) in [5.41, 5.74) is 0. The van der Waals surface area contributed by atoms with E-state index in [9.17, 15) is 18.0 Å². The minimum atomic E-state index is -4.20. The second-order valence-corrected chi connectivity index (χ2v) is 2.86. The molecule has 0 saturated heterocycles. The van der Waals surface area contributed by atoms with Gasteiger partial charge in [0.25, 0.3) is 0 Å². The molecule has 1 amide bonds. The summed E-state index contributed by atoms with van der Waals surface area (Å²) in [7, 11) is 0. The lowest BCUT2D eigenvalue weighted by atomic mass is 10.3. The number of alkyl halides is 3. The van der Waals surface area contributed by atoms with E-state index in [0.29, 0.717) is 0 Å². The molecule has 3 nitrogen and oxygen atoms in total. The van der Waals surface area contributed by atoms with Gasteiger partial charge < -0.3 is 5.32 Å². The van der Waals surface area contributed by atoms with E-state index in [1.54, 1.807) is 0 Å². The average molecular weight is 194 g/mol. The molecule has 1 aliphatic rings. The van der Waals surface area contributed by atoms with Crippen molar-refractivity contribution in [3.8, 4) is 0 Å². The number of hydrogen-bond donors (Lipinski definition) is 1. The SMILES string of the molecule is CC1N=C(CCC(F)(F)F)NC1=O. The molecule has 1 unspecified atom stereocenters. The molecule has 1 atom stereocenters. The van der Waals surface area contributed by atoms with Crippen molar-refractivity contribution in [3.63, 3.8) is 0 Å². The van der Waals surface area contributed by atoms with Gasteiger partial charge in [0.2, 0.25) is 5.91 Å². The number of amides is 1. The van der Waals surface area contributed by atoms with Crippen LogP contribution in [0, 0.1) is 0 Å². The van der Waals surface area contributed by atoms with Gasteiger partial charge in [-0.25, -0.2) is 0 Å². The van der Waals surface area contributed by atoms with Gasteiger partial charge in [0, 0.05) is 6.42 Å². The number of halogens is 3. The standard InChI is InChI=1S/C7H9F3N2O/c1-4-6(13)12-5(11-4)2-3-7(8,9)10/h4H,2-3H2,1H3,(H,11,12,13). The molecule has 0 aromatic carbocycles. The minimum absolute atomic E-state index is 0.134. The van der Waals surface area contributed by atoms with Gasteiger partial charge in [-0.15, -0.1) is 0 Å². The maximum absolute atomic E-state index is 11.7. The molecule has 0 fully saturated rings. The van der Waals surface area contributed by atoms with Crippen molar-refractivity contribution in [1.29, 1.82) is 0 Å². The first-order chi connectivity index (χ1) is 5.88. The fourth-order valence-corrected chi connectivity index (χ4v) is 0.959. The van der Waals surface area contributed by atoms with Gasteiger partial charge in [-0.2, -0.15) is 13.2 Å². The molecule has 0 radical (unpaired) electrons. The summed E-state index contributed by atoms with van der Waals surface area (Å²) in [6.07, 6.45) is -5.39. The Balaban J connectivity index is 2.40. The van der Waals surface area contributed by atoms with Gasteiger partial charge in [-0.3, -0.25) is 9.79 Å². The quantitative estimate of drug-likeness (QED) is 0.706. The third-order valence-electron chi connectivity index (χ3n) is 1.64. The normalized spacial score (nSPS) is 22.9. The Kier molecular flexibility index (Phi) is 2.58. The zero-order valence-corrected chi connectivity index (χ0v) is 6.98. The molecule has 1 heterocycles. The van der Waals surface area contributed by atoms with Crippen molar-refractivity contribution < 1.29 is 18.0 Å². The van der Waals surface area contributed by atoms with Crippen LogP contribution in [-0.4, -0.2) is 24.0 Å². The Morgan fingerprint density at radius 3 is 2.54 bits per heavy atom. The third-order valence-corrected chi connectivity index (χ3v) is 1.64. The van der Waals surface area contributed by atoms with Gasteiger partial charge in [-0.05, 0) is 6.92 Å². The van der Waals surface area contributed by atoms with Crippen LogP contribution in [0.4, 0.5) is 13.2 Å². The largest absolute Gasteiger partial charge is 0.389 e. The van der Waals surface area contributed by atoms with E-state index in [2.05, 4.69) is 10.3 Å². The number of nitrogens with zero attached hydrogens (tertiary/aromatic N) is 1. The van der Waals surface area contributed by atoms with E-state index >= 15 is 0 Å². The first-order valence-electron chi connectivity index (χ1n) is 3.83. The Hall–Kier alpha value is -1.07. The van der Waals surface area contributed by atoms with Gasteiger partial charge >= 0.3 is 6.18 Å². The first-order valence-corrected chi connectivity index (χ1v) is 3.83. The van der Waals surface area contributed by atoms with Crippen LogP contribution in [-0.2, 0) is 4.79 Å². The predicted octanol–water partition coefficient (Wildman–Crippen LogP) is 1.25. The summed E-state index contributed by atoms with van der Waals surface area (Å²) < 4.78 is 35.2. The number of amidine groups is 1. The molecule has 13 heavy (non-hydrogen) atoms. The molecule has 0 bridgehead atoms. The molecular weight excluding hydrogens is 185 g/mol. The molecule has 0 spiro atoms. The Labute approximate surface area is 73.0 Å². The number of carbonyl (C=O) groups is 1. The summed E-state index contributed by atoms with van der Waals surface area (Å²) in [6, 6.07) is -0.553. The fourth-order valence-electron chi connectivity index (χ4n) is 0.959. The van der Waals surface area contributed by atoms with Gasteiger partial charge in [0.05, 0.1) is 6.42 Å². The van der Waals surface area contributed by atoms with E-state index in [0.717, 1.165) is 0 Å². The summed E-state index contributed by atoms with van der Waals surface area (Å²) in [4.78, 5) is 14.5. The molecule has 0 aromatic heterocycles. The maximum atomic E-state index is 11.7. The lowest BCUT2D eigenvalue weighted by Crippen LogP contribution is -2.28. The van der Waals surface area contributed by atoms with Crippen LogP contribution in [0.15, 0.2) is 4.99 Å². The molecule has 1 N–H and O–H groups in total. The van der Waals surface area contributed by atoms with Crippen LogP contribution >= 0.6 is 0 Å². The number of aliphatic imine (C=N–C) groups is 1. The number of hydrogen-bond acceptors (Lipinski definition) is 2. The second-order valence-electron chi connectivity index (χ2n) is 2.86. The van der Waals surface area contributed by atoms with Crippen molar-refractivity contribution in [1.82, 2.24) is 5.32 Å². The van der Waals surface area contributed by atoms with Crippen LogP contribution in [0.1, 0.15) is 19.8 Å². The van der Waals surface area contributed by atoms with Crippen LogP contribution in [0.5, 0.6) is 0 Å². The van der Waals surface area contributed by atoms with E-state index in [1.807, 2.05) is 0 Å². The van der Waals surface area contributed by atoms with Crippen molar-refractivity contribution in [3.05, 3.63) is 0 Å². The minimum Gasteiger partial charge on any atom is -0.313 e. The highest BCUT2D eigenvalue weighted by molar-refractivity contribution is 6.05. The zero-order chi connectivity index (χ0) is 10.1. The fraction of sp³-hybridized carbons (Fsp3) is 0.714. The van der Waals surface area contributed by atoms with Crippen LogP contribution < -0.4 is 5.32 Å². The third kappa shape index (κ3) is 3.04. The Morgan fingerprint density at radius 1 is 1.54 bits per heavy atom. The maximum Gasteiger partial charge on any atom is 0.389 e. The predicted molar refractivity (Wildman–Crippen MR) is 40.3 cm³/mol. The summed E-state index contributed by atoms with van der Waals surface area (Å²) >= 11 is 0. The number of nitrogens with one attached hydrogen (secondary N) is 1. The van der Waals surface area contributed by atoms with Crippen molar-refractivity contribution >= 4 is 11.7 Å². The van der Waals surface area contributed by atoms with Gasteiger partial charge in [-0.1, -0.05) is 0 Å². The average Bonchev–Trinajstić information content (AvgIpc) is 2.27. The summed E-state index contributed by atoms with van der Waals surface area (Å²) in [6.45, 7) is 1.54. The van der Waals surface area contributed by atoms with Crippen LogP contribution in [0.2, 0.25) is 0 Å². The summed E-state index contributed by atoms with van der Waals surface area (Å²) in [5, 5.41) is 2.29. The monoisotopic (exact) mass is 194 g/mol. The van der Waals surface area contributed by atoms with Gasteiger partial charge in [0.15, 0.2) is 0 Å². The highest BCUT2D eigenvalue weighted by Crippen LogP contribution is 2.21. The van der Waals surface area contributed by atoms with E-state index in [4.69, 9.17) is 0 Å². The molecule has 1 rings (SSSR count). The second kappa shape index (κ2) is 3.35. The molecule has 1 aliphatic heterocycles. The molecular formula is C7H9F3N2O. The van der Waals surface area contributed by atoms with Crippen molar-refractivity contribution in [2.75, 3.05) is 0 Å². The number of carbonyl (C=O) groups excluding carboxylic acids is 1. The topological polar surface area (TPSA) is 41.5 Å². The smallest absolute Gasteiger partial charge is 0.313 e. The van der Waals surface area contributed by atoms with Crippen molar-refractivity contribution in [2.45, 2.75) is 32.0 Å². The Bertz CT molecular complexity index is 247. The van der Waals surface area contributed by atoms with Gasteiger partial charge in [0.1, 0.15) is 11.9 Å². The van der Waals surface area contributed by atoms with Crippen molar-refractivity contribution in [2.24, 2.45) is 4.99 Å². The number of rotatable bonds is 2.